The van der Waals surface area contributed by atoms with E-state index in [0.29, 0.717) is 6.42 Å². The summed E-state index contributed by atoms with van der Waals surface area (Å²) in [6.07, 6.45) is 2.37. The van der Waals surface area contributed by atoms with E-state index in [4.69, 9.17) is 15.0 Å². The average molecular weight is 417 g/mol. The highest BCUT2D eigenvalue weighted by molar-refractivity contribution is 6.48. The van der Waals surface area contributed by atoms with E-state index in [1.165, 1.54) is 10.5 Å². The quantitative estimate of drug-likeness (QED) is 0.599. The molecule has 0 saturated carbocycles. The molecule has 7 nitrogen and oxygen atoms in total. The van der Waals surface area contributed by atoms with Crippen molar-refractivity contribution in [3.05, 3.63) is 35.9 Å². The second-order valence-electron chi connectivity index (χ2n) is 9.22. The molecule has 166 valence electrons. The normalized spacial score (nSPS) is 19.2. The molecule has 1 fully saturated rings. The third-order valence-corrected chi connectivity index (χ3v) is 5.98. The van der Waals surface area contributed by atoms with Gasteiger partial charge in [-0.15, -0.1) is 0 Å². The highest BCUT2D eigenvalue weighted by atomic mass is 16.7. The van der Waals surface area contributed by atoms with Crippen LogP contribution in [0.3, 0.4) is 0 Å². The highest BCUT2D eigenvalue weighted by Gasteiger charge is 2.54. The van der Waals surface area contributed by atoms with Gasteiger partial charge in [0.25, 0.3) is 0 Å². The third kappa shape index (κ3) is 6.30. The summed E-state index contributed by atoms with van der Waals surface area (Å²) in [5, 5.41) is 2.98. The number of aryl methyl sites for hydroxylation is 1. The van der Waals surface area contributed by atoms with Crippen molar-refractivity contribution in [2.45, 2.75) is 76.6 Å². The summed E-state index contributed by atoms with van der Waals surface area (Å²) in [6, 6.07) is 9.29. The maximum Gasteiger partial charge on any atom is 0.481 e. The summed E-state index contributed by atoms with van der Waals surface area (Å²) < 4.78 is 12.4. The minimum atomic E-state index is -0.918. The monoisotopic (exact) mass is 417 g/mol. The maximum atomic E-state index is 12.7. The van der Waals surface area contributed by atoms with Gasteiger partial charge in [0.2, 0.25) is 11.8 Å². The Balaban J connectivity index is 2.05. The van der Waals surface area contributed by atoms with Gasteiger partial charge >= 0.3 is 7.12 Å². The van der Waals surface area contributed by atoms with Crippen molar-refractivity contribution in [2.75, 3.05) is 14.1 Å². The summed E-state index contributed by atoms with van der Waals surface area (Å²) in [5.41, 5.74) is 6.23. The Morgan fingerprint density at radius 1 is 1.10 bits per heavy atom. The van der Waals surface area contributed by atoms with Crippen molar-refractivity contribution >= 4 is 18.9 Å². The van der Waals surface area contributed by atoms with Crippen molar-refractivity contribution in [2.24, 2.45) is 5.73 Å². The van der Waals surface area contributed by atoms with Gasteiger partial charge in [0.1, 0.15) is 0 Å². The number of carbonyl (C=O) groups is 2. The molecule has 1 aromatic rings. The first-order valence-corrected chi connectivity index (χ1v) is 10.6. The molecule has 0 aromatic heterocycles. The highest BCUT2D eigenvalue weighted by Crippen LogP contribution is 2.38. The zero-order valence-corrected chi connectivity index (χ0v) is 19.1. The Morgan fingerprint density at radius 2 is 1.67 bits per heavy atom. The van der Waals surface area contributed by atoms with Crippen LogP contribution in [-0.2, 0) is 25.3 Å². The molecule has 0 aliphatic carbocycles. The molecule has 0 unspecified atom stereocenters. The van der Waals surface area contributed by atoms with E-state index < -0.39 is 24.4 Å². The van der Waals surface area contributed by atoms with Gasteiger partial charge < -0.3 is 25.3 Å². The Labute approximate surface area is 180 Å². The van der Waals surface area contributed by atoms with E-state index in [9.17, 15) is 9.59 Å². The first kappa shape index (κ1) is 24.4. The number of nitrogens with zero attached hydrogens (tertiary/aromatic N) is 1. The molecule has 8 heteroatoms. The Bertz CT molecular complexity index is 708. The SMILES string of the molecule is CN(C)C(=O)C[C@@H](N)C(=O)N[C@@H](CCCc1ccccc1)B1OC(C)(C)C(C)(C)O1. The lowest BCUT2D eigenvalue weighted by molar-refractivity contribution is -0.132. The molecule has 0 spiro atoms. The van der Waals surface area contributed by atoms with Crippen molar-refractivity contribution in [3.8, 4) is 0 Å². The van der Waals surface area contributed by atoms with Gasteiger partial charge in [-0.25, -0.2) is 0 Å². The lowest BCUT2D eigenvalue weighted by Crippen LogP contribution is -2.53. The number of rotatable bonds is 9. The number of nitrogens with one attached hydrogen (secondary N) is 1. The topological polar surface area (TPSA) is 93.9 Å². The van der Waals surface area contributed by atoms with Gasteiger partial charge in [-0.2, -0.15) is 0 Å². The molecule has 1 aliphatic rings. The predicted molar refractivity (Wildman–Crippen MR) is 119 cm³/mol. The number of amides is 2. The smallest absolute Gasteiger partial charge is 0.402 e. The maximum absolute atomic E-state index is 12.7. The minimum absolute atomic E-state index is 0.0427. The zero-order chi connectivity index (χ0) is 22.5. The van der Waals surface area contributed by atoms with E-state index in [1.807, 2.05) is 45.9 Å². The van der Waals surface area contributed by atoms with Gasteiger partial charge in [0.15, 0.2) is 0 Å². The molecule has 1 saturated heterocycles. The number of hydrogen-bond donors (Lipinski definition) is 2. The summed E-state index contributed by atoms with van der Waals surface area (Å²) in [4.78, 5) is 26.1. The van der Waals surface area contributed by atoms with Gasteiger partial charge in [-0.1, -0.05) is 30.3 Å². The van der Waals surface area contributed by atoms with Gasteiger partial charge in [0, 0.05) is 14.1 Å². The summed E-state index contributed by atoms with van der Waals surface area (Å²) in [6.45, 7) is 7.93. The Kier molecular flexibility index (Phi) is 8.08. The van der Waals surface area contributed by atoms with Gasteiger partial charge in [-0.05, 0) is 52.5 Å². The standard InChI is InChI=1S/C22H36BN3O4/c1-21(2)22(3,4)30-23(29-21)18(14-10-13-16-11-8-7-9-12-16)25-20(28)17(24)15-19(27)26(5)6/h7-9,11-12,17-18H,10,13-15,24H2,1-6H3,(H,25,28)/t17-,18+/m1/s1. The molecule has 2 amide bonds. The van der Waals surface area contributed by atoms with Gasteiger partial charge in [0.05, 0.1) is 29.6 Å². The van der Waals surface area contributed by atoms with Crippen LogP contribution in [0.5, 0.6) is 0 Å². The van der Waals surface area contributed by atoms with Crippen molar-refractivity contribution in [3.63, 3.8) is 0 Å². The summed E-state index contributed by atoms with van der Waals surface area (Å²) in [5.74, 6) is -0.915. The lowest BCUT2D eigenvalue weighted by atomic mass is 9.75. The van der Waals surface area contributed by atoms with Crippen LogP contribution >= 0.6 is 0 Å². The van der Waals surface area contributed by atoms with E-state index in [0.717, 1.165) is 12.8 Å². The lowest BCUT2D eigenvalue weighted by Gasteiger charge is -2.32. The molecule has 1 aliphatic heterocycles. The van der Waals surface area contributed by atoms with Crippen LogP contribution in [0.2, 0.25) is 0 Å². The second-order valence-corrected chi connectivity index (χ2v) is 9.22. The largest absolute Gasteiger partial charge is 0.481 e. The molecule has 0 radical (unpaired) electrons. The summed E-state index contributed by atoms with van der Waals surface area (Å²) in [7, 11) is 2.71. The van der Waals surface area contributed by atoms with Crippen LogP contribution in [-0.4, -0.2) is 61.1 Å². The van der Waals surface area contributed by atoms with E-state index in [2.05, 4.69) is 17.4 Å². The molecular weight excluding hydrogens is 381 g/mol. The first-order valence-electron chi connectivity index (χ1n) is 10.6. The number of nitrogens with two attached hydrogens (primary N) is 1. The molecule has 0 bridgehead atoms. The third-order valence-electron chi connectivity index (χ3n) is 5.98. The average Bonchev–Trinajstić information content (AvgIpc) is 2.88. The van der Waals surface area contributed by atoms with Gasteiger partial charge in [-0.3, -0.25) is 9.59 Å². The van der Waals surface area contributed by atoms with Crippen LogP contribution in [0.1, 0.15) is 52.5 Å². The first-order chi connectivity index (χ1) is 13.9. The zero-order valence-electron chi connectivity index (χ0n) is 19.1. The fourth-order valence-corrected chi connectivity index (χ4v) is 3.25. The molecule has 1 heterocycles. The summed E-state index contributed by atoms with van der Waals surface area (Å²) >= 11 is 0. The van der Waals surface area contributed by atoms with Crippen molar-refractivity contribution < 1.29 is 18.9 Å². The molecule has 3 N–H and O–H groups in total. The van der Waals surface area contributed by atoms with Crippen LogP contribution in [0.25, 0.3) is 0 Å². The molecular formula is C22H36BN3O4. The fraction of sp³-hybridized carbons (Fsp3) is 0.636. The fourth-order valence-electron chi connectivity index (χ4n) is 3.25. The van der Waals surface area contributed by atoms with Crippen LogP contribution in [0.15, 0.2) is 30.3 Å². The van der Waals surface area contributed by atoms with Crippen molar-refractivity contribution in [1.82, 2.24) is 10.2 Å². The molecule has 30 heavy (non-hydrogen) atoms. The predicted octanol–water partition coefficient (Wildman–Crippen LogP) is 1.93. The number of benzene rings is 1. The minimum Gasteiger partial charge on any atom is -0.402 e. The van der Waals surface area contributed by atoms with E-state index in [-0.39, 0.29) is 24.2 Å². The molecule has 2 rings (SSSR count). The number of hydrogen-bond acceptors (Lipinski definition) is 5. The van der Waals surface area contributed by atoms with E-state index >= 15 is 0 Å². The molecule has 2 atom stereocenters. The van der Waals surface area contributed by atoms with Crippen molar-refractivity contribution in [1.29, 1.82) is 0 Å². The van der Waals surface area contributed by atoms with Crippen LogP contribution < -0.4 is 11.1 Å². The van der Waals surface area contributed by atoms with Crippen LogP contribution in [0.4, 0.5) is 0 Å². The Hall–Kier alpha value is -1.90. The number of carbonyl (C=O) groups excluding carboxylic acids is 2. The second kappa shape index (κ2) is 9.94. The van der Waals surface area contributed by atoms with E-state index in [1.54, 1.807) is 14.1 Å². The van der Waals surface area contributed by atoms with Crippen LogP contribution in [0, 0.1) is 0 Å². The molecule has 1 aromatic carbocycles. The Morgan fingerprint density at radius 3 is 2.20 bits per heavy atom.